The summed E-state index contributed by atoms with van der Waals surface area (Å²) in [5, 5.41) is 10.6. The predicted molar refractivity (Wildman–Crippen MR) is 409 cm³/mol. The lowest BCUT2D eigenvalue weighted by Crippen LogP contribution is -2.30. The summed E-state index contributed by atoms with van der Waals surface area (Å²) < 4.78 is 68.6. The monoisotopic (exact) mass is 1460 g/mol. The SMILES string of the molecule is CCCCCC/C=C\C=C/CCCCCCCC(=O)OC[C@H](COP(=O)(O)OCC(O)COP(=O)(O)OC[C@@H](COC(=O)CCCCCCCCCC(C)C)OC(=O)CCCCCCCCCCCCC(C)CC)OC(=O)CCCCCCCCCCCCCCCCCCCCC(C)C. The van der Waals surface area contributed by atoms with Crippen LogP contribution in [0, 0.1) is 17.8 Å². The van der Waals surface area contributed by atoms with Gasteiger partial charge in [-0.1, -0.05) is 342 Å². The maximum Gasteiger partial charge on any atom is 0.472 e. The molecule has 3 N–H and O–H groups in total. The van der Waals surface area contributed by atoms with Gasteiger partial charge in [-0.3, -0.25) is 37.3 Å². The first-order chi connectivity index (χ1) is 48.3. The van der Waals surface area contributed by atoms with Gasteiger partial charge >= 0.3 is 39.5 Å². The molecule has 0 saturated carbocycles. The van der Waals surface area contributed by atoms with Crippen LogP contribution in [0.25, 0.3) is 0 Å². The minimum atomic E-state index is -4.97. The summed E-state index contributed by atoms with van der Waals surface area (Å²) in [5.41, 5.74) is 0. The quantitative estimate of drug-likeness (QED) is 0.0169. The first kappa shape index (κ1) is 97.5. The maximum absolute atomic E-state index is 13.1. The Labute approximate surface area is 612 Å². The Morgan fingerprint density at radius 3 is 0.890 bits per heavy atom. The fourth-order valence-corrected chi connectivity index (χ4v) is 13.5. The molecule has 0 aliphatic carbocycles. The molecule has 0 radical (unpaired) electrons. The Morgan fingerprint density at radius 2 is 0.590 bits per heavy atom. The van der Waals surface area contributed by atoms with Crippen LogP contribution in [0.3, 0.4) is 0 Å². The van der Waals surface area contributed by atoms with E-state index < -0.39 is 97.5 Å². The predicted octanol–water partition coefficient (Wildman–Crippen LogP) is 23.7. The summed E-state index contributed by atoms with van der Waals surface area (Å²) in [6.45, 7) is 11.9. The second kappa shape index (κ2) is 70.8. The molecular formula is C81H154O17P2. The number of aliphatic hydroxyl groups excluding tert-OH is 1. The van der Waals surface area contributed by atoms with Crippen molar-refractivity contribution in [3.8, 4) is 0 Å². The number of carbonyl (C=O) groups excluding carboxylic acids is 4. The Hall–Kier alpha value is -2.46. The zero-order valence-corrected chi connectivity index (χ0v) is 66.9. The molecule has 0 aliphatic rings. The number of rotatable bonds is 77. The molecule has 4 unspecified atom stereocenters. The number of ether oxygens (including phenoxy) is 4. The highest BCUT2D eigenvalue weighted by Gasteiger charge is 2.30. The van der Waals surface area contributed by atoms with Crippen molar-refractivity contribution in [2.24, 2.45) is 17.8 Å². The van der Waals surface area contributed by atoms with Crippen LogP contribution in [-0.4, -0.2) is 96.7 Å². The zero-order chi connectivity index (χ0) is 73.7. The van der Waals surface area contributed by atoms with Crippen molar-refractivity contribution < 1.29 is 80.2 Å². The number of aliphatic hydroxyl groups is 1. The Bertz CT molecular complexity index is 2040. The van der Waals surface area contributed by atoms with Gasteiger partial charge in [0.2, 0.25) is 0 Å². The molecule has 0 aromatic rings. The molecule has 19 heteroatoms. The van der Waals surface area contributed by atoms with E-state index in [-0.39, 0.29) is 25.7 Å². The van der Waals surface area contributed by atoms with E-state index in [1.807, 2.05) is 0 Å². The molecule has 100 heavy (non-hydrogen) atoms. The van der Waals surface area contributed by atoms with Crippen LogP contribution in [0.1, 0.15) is 395 Å². The highest BCUT2D eigenvalue weighted by molar-refractivity contribution is 7.47. The number of hydrogen-bond donors (Lipinski definition) is 3. The van der Waals surface area contributed by atoms with Crippen molar-refractivity contribution in [2.75, 3.05) is 39.6 Å². The number of allylic oxidation sites excluding steroid dienone is 4. The molecule has 6 atom stereocenters. The Kier molecular flexibility index (Phi) is 69.1. The van der Waals surface area contributed by atoms with Gasteiger partial charge < -0.3 is 33.8 Å². The van der Waals surface area contributed by atoms with Crippen LogP contribution in [0.2, 0.25) is 0 Å². The van der Waals surface area contributed by atoms with Crippen LogP contribution in [0.4, 0.5) is 0 Å². The lowest BCUT2D eigenvalue weighted by atomic mass is 9.99. The summed E-state index contributed by atoms with van der Waals surface area (Å²) in [7, 11) is -9.93. The summed E-state index contributed by atoms with van der Waals surface area (Å²) in [6, 6.07) is 0. The number of hydrogen-bond acceptors (Lipinski definition) is 15. The third-order valence-electron chi connectivity index (χ3n) is 18.6. The van der Waals surface area contributed by atoms with Gasteiger partial charge in [-0.2, -0.15) is 0 Å². The Morgan fingerprint density at radius 1 is 0.330 bits per heavy atom. The van der Waals surface area contributed by atoms with Crippen LogP contribution >= 0.6 is 15.6 Å². The smallest absolute Gasteiger partial charge is 0.462 e. The number of phosphoric acid groups is 2. The van der Waals surface area contributed by atoms with Crippen LogP contribution in [0.15, 0.2) is 24.3 Å². The molecule has 0 aromatic carbocycles. The van der Waals surface area contributed by atoms with E-state index in [9.17, 15) is 43.2 Å². The van der Waals surface area contributed by atoms with Gasteiger partial charge in [-0.15, -0.1) is 0 Å². The van der Waals surface area contributed by atoms with Gasteiger partial charge in [0.15, 0.2) is 12.2 Å². The summed E-state index contributed by atoms with van der Waals surface area (Å²) in [5.74, 6) is 0.180. The van der Waals surface area contributed by atoms with Crippen LogP contribution in [0.5, 0.6) is 0 Å². The molecule has 17 nitrogen and oxygen atoms in total. The van der Waals surface area contributed by atoms with Gasteiger partial charge in [-0.25, -0.2) is 9.13 Å². The van der Waals surface area contributed by atoms with Crippen molar-refractivity contribution in [3.63, 3.8) is 0 Å². The van der Waals surface area contributed by atoms with Gasteiger partial charge in [0.05, 0.1) is 26.4 Å². The minimum Gasteiger partial charge on any atom is -0.462 e. The first-order valence-electron chi connectivity index (χ1n) is 41.2. The number of unbranched alkanes of at least 4 members (excludes halogenated alkanes) is 41. The van der Waals surface area contributed by atoms with E-state index in [1.54, 1.807) is 0 Å². The summed E-state index contributed by atoms with van der Waals surface area (Å²) in [6.07, 6.45) is 61.9. The average Bonchev–Trinajstić information content (AvgIpc) is 1.13. The van der Waals surface area contributed by atoms with Gasteiger partial charge in [0.1, 0.15) is 19.3 Å². The normalized spacial score (nSPS) is 14.4. The standard InChI is InChI=1S/C81H154O17P2/c1-8-10-11-12-13-14-15-16-21-25-28-34-41-48-55-62-78(83)91-68-76(97-80(85)64-57-50-42-35-29-26-23-20-18-17-19-22-24-27-32-38-45-52-59-72(3)4)70-95-99(87,88)93-66-75(82)67-94-100(89,90)96-71-77(69-92-79(84)63-56-49-44-37-39-46-53-60-73(5)6)98-81(86)65-58-51-43-36-31-30-33-40-47-54-61-74(7)9-2/h14-16,21,72-77,82H,8-13,17-20,22-71H2,1-7H3,(H,87,88)(H,89,90)/b15-14-,21-16-/t74?,75?,76-,77-/m1/s1. The molecule has 0 aliphatic heterocycles. The van der Waals surface area contributed by atoms with Crippen molar-refractivity contribution in [2.45, 2.75) is 414 Å². The molecule has 0 aromatic heterocycles. The third kappa shape index (κ3) is 72.5. The van der Waals surface area contributed by atoms with E-state index >= 15 is 0 Å². The molecule has 0 heterocycles. The van der Waals surface area contributed by atoms with Crippen molar-refractivity contribution >= 4 is 39.5 Å². The van der Waals surface area contributed by atoms with E-state index in [0.29, 0.717) is 31.6 Å². The molecule has 0 bridgehead atoms. The van der Waals surface area contributed by atoms with E-state index in [0.717, 1.165) is 127 Å². The second-order valence-corrected chi connectivity index (χ2v) is 32.6. The maximum atomic E-state index is 13.1. The largest absolute Gasteiger partial charge is 0.472 e. The van der Waals surface area contributed by atoms with E-state index in [4.69, 9.17) is 37.0 Å². The fraction of sp³-hybridized carbons (Fsp3) is 0.901. The van der Waals surface area contributed by atoms with Gasteiger partial charge in [-0.05, 0) is 69.1 Å². The zero-order valence-electron chi connectivity index (χ0n) is 65.2. The number of carbonyl (C=O) groups is 4. The Balaban J connectivity index is 5.26. The topological polar surface area (TPSA) is 237 Å². The van der Waals surface area contributed by atoms with Crippen LogP contribution in [-0.2, 0) is 65.4 Å². The summed E-state index contributed by atoms with van der Waals surface area (Å²) >= 11 is 0. The van der Waals surface area contributed by atoms with E-state index in [2.05, 4.69) is 72.8 Å². The molecule has 0 spiro atoms. The fourth-order valence-electron chi connectivity index (χ4n) is 11.9. The number of esters is 4. The molecule has 0 rings (SSSR count). The third-order valence-corrected chi connectivity index (χ3v) is 20.5. The number of phosphoric ester groups is 2. The summed E-state index contributed by atoms with van der Waals surface area (Å²) in [4.78, 5) is 73.0. The van der Waals surface area contributed by atoms with Crippen molar-refractivity contribution in [1.29, 1.82) is 0 Å². The van der Waals surface area contributed by atoms with Gasteiger partial charge in [0.25, 0.3) is 0 Å². The van der Waals surface area contributed by atoms with Crippen molar-refractivity contribution in [1.82, 2.24) is 0 Å². The first-order valence-corrected chi connectivity index (χ1v) is 44.2. The average molecular weight is 1460 g/mol. The highest BCUT2D eigenvalue weighted by Crippen LogP contribution is 2.45. The lowest BCUT2D eigenvalue weighted by molar-refractivity contribution is -0.161. The minimum absolute atomic E-state index is 0.101. The molecular weight excluding hydrogens is 1310 g/mol. The van der Waals surface area contributed by atoms with Crippen molar-refractivity contribution in [3.05, 3.63) is 24.3 Å². The molecule has 0 amide bonds. The molecule has 0 fully saturated rings. The molecule has 590 valence electrons. The second-order valence-electron chi connectivity index (χ2n) is 29.7. The van der Waals surface area contributed by atoms with E-state index in [1.165, 1.54) is 180 Å². The highest BCUT2D eigenvalue weighted by atomic mass is 31.2. The van der Waals surface area contributed by atoms with Gasteiger partial charge in [0, 0.05) is 25.7 Å². The lowest BCUT2D eigenvalue weighted by Gasteiger charge is -2.21. The molecule has 0 saturated heterocycles. The van der Waals surface area contributed by atoms with Crippen LogP contribution < -0.4 is 0 Å².